The van der Waals surface area contributed by atoms with Gasteiger partial charge < -0.3 is 14.4 Å². The molecule has 1 aliphatic heterocycles. The van der Waals surface area contributed by atoms with E-state index in [4.69, 9.17) is 9.47 Å². The second-order valence-electron chi connectivity index (χ2n) is 8.15. The average molecular weight is 375 g/mol. The standard InChI is InChI=1S/C22H34N2O3/c1-16-14-23(15-17(2)24(16)11-12-26-3)22(25)13-21(18-5-6-18)19-7-9-20(27-4)10-8-19/h7-10,16-18,21H,5-6,11-15H2,1-4H3. The molecule has 1 saturated heterocycles. The molecule has 27 heavy (non-hydrogen) atoms. The lowest BCUT2D eigenvalue weighted by Gasteiger charge is -2.44. The fourth-order valence-electron chi connectivity index (χ4n) is 4.42. The highest BCUT2D eigenvalue weighted by atomic mass is 16.5. The summed E-state index contributed by atoms with van der Waals surface area (Å²) in [5.74, 6) is 2.16. The Hall–Kier alpha value is -1.59. The van der Waals surface area contributed by atoms with Crippen molar-refractivity contribution in [3.63, 3.8) is 0 Å². The first-order chi connectivity index (χ1) is 13.0. The van der Waals surface area contributed by atoms with Crippen molar-refractivity contribution in [3.8, 4) is 5.75 Å². The molecule has 1 aromatic rings. The third kappa shape index (κ3) is 5.02. The molecule has 1 aliphatic carbocycles. The Bertz CT molecular complexity index is 602. The van der Waals surface area contributed by atoms with Crippen LogP contribution in [0.3, 0.4) is 0 Å². The van der Waals surface area contributed by atoms with Crippen LogP contribution in [0, 0.1) is 5.92 Å². The van der Waals surface area contributed by atoms with Crippen LogP contribution in [0.2, 0.25) is 0 Å². The number of carbonyl (C=O) groups is 1. The number of piperazine rings is 1. The van der Waals surface area contributed by atoms with E-state index in [1.165, 1.54) is 18.4 Å². The lowest BCUT2D eigenvalue weighted by Crippen LogP contribution is -2.58. The highest BCUT2D eigenvalue weighted by Crippen LogP contribution is 2.45. The van der Waals surface area contributed by atoms with E-state index in [2.05, 4.69) is 35.8 Å². The number of ether oxygens (including phenoxy) is 2. The molecule has 3 atom stereocenters. The van der Waals surface area contributed by atoms with Gasteiger partial charge in [-0.25, -0.2) is 0 Å². The molecule has 3 rings (SSSR count). The number of nitrogens with zero attached hydrogens (tertiary/aromatic N) is 2. The quantitative estimate of drug-likeness (QED) is 0.701. The maximum Gasteiger partial charge on any atom is 0.223 e. The molecule has 3 unspecified atom stereocenters. The summed E-state index contributed by atoms with van der Waals surface area (Å²) in [6.07, 6.45) is 3.09. The van der Waals surface area contributed by atoms with Crippen LogP contribution in [-0.2, 0) is 9.53 Å². The van der Waals surface area contributed by atoms with Crippen LogP contribution in [0.15, 0.2) is 24.3 Å². The van der Waals surface area contributed by atoms with Gasteiger partial charge in [-0.2, -0.15) is 0 Å². The van der Waals surface area contributed by atoms with Gasteiger partial charge in [0.05, 0.1) is 13.7 Å². The monoisotopic (exact) mass is 374 g/mol. The smallest absolute Gasteiger partial charge is 0.223 e. The van der Waals surface area contributed by atoms with E-state index >= 15 is 0 Å². The highest BCUT2D eigenvalue weighted by Gasteiger charge is 2.37. The minimum atomic E-state index is 0.299. The van der Waals surface area contributed by atoms with Crippen LogP contribution in [0.1, 0.15) is 44.6 Å². The Morgan fingerprint density at radius 1 is 1.11 bits per heavy atom. The summed E-state index contributed by atoms with van der Waals surface area (Å²) < 4.78 is 10.5. The third-order valence-electron chi connectivity index (χ3n) is 6.14. The van der Waals surface area contributed by atoms with Gasteiger partial charge in [0, 0.05) is 45.2 Å². The van der Waals surface area contributed by atoms with Crippen molar-refractivity contribution in [2.24, 2.45) is 5.92 Å². The summed E-state index contributed by atoms with van der Waals surface area (Å²) in [4.78, 5) is 17.6. The summed E-state index contributed by atoms with van der Waals surface area (Å²) in [7, 11) is 3.43. The van der Waals surface area contributed by atoms with Crippen molar-refractivity contribution in [2.75, 3.05) is 40.5 Å². The zero-order valence-electron chi connectivity index (χ0n) is 17.2. The lowest BCUT2D eigenvalue weighted by molar-refractivity contribution is -0.136. The van der Waals surface area contributed by atoms with Gasteiger partial charge in [-0.05, 0) is 56.2 Å². The molecule has 1 amide bonds. The Morgan fingerprint density at radius 2 is 1.74 bits per heavy atom. The second kappa shape index (κ2) is 9.07. The predicted molar refractivity (Wildman–Crippen MR) is 107 cm³/mol. The first kappa shape index (κ1) is 20.2. The van der Waals surface area contributed by atoms with Crippen molar-refractivity contribution in [1.82, 2.24) is 9.80 Å². The Balaban J connectivity index is 1.62. The van der Waals surface area contributed by atoms with Crippen molar-refractivity contribution in [2.45, 2.75) is 51.1 Å². The average Bonchev–Trinajstić information content (AvgIpc) is 3.50. The minimum absolute atomic E-state index is 0.299. The SMILES string of the molecule is COCCN1C(C)CN(C(=O)CC(c2ccc(OC)cc2)C2CC2)CC1C. The van der Waals surface area contributed by atoms with Gasteiger partial charge in [0.25, 0.3) is 0 Å². The van der Waals surface area contributed by atoms with Gasteiger partial charge in [0.1, 0.15) is 5.75 Å². The van der Waals surface area contributed by atoms with Crippen LogP contribution in [0.5, 0.6) is 5.75 Å². The molecule has 2 aliphatic rings. The molecule has 0 radical (unpaired) electrons. The zero-order valence-corrected chi connectivity index (χ0v) is 17.2. The molecule has 150 valence electrons. The summed E-state index contributed by atoms with van der Waals surface area (Å²) >= 11 is 0. The molecule has 5 heteroatoms. The van der Waals surface area contributed by atoms with Crippen molar-refractivity contribution >= 4 is 5.91 Å². The molecule has 1 heterocycles. The van der Waals surface area contributed by atoms with Crippen LogP contribution in [-0.4, -0.2) is 68.3 Å². The molecule has 0 spiro atoms. The molecular formula is C22H34N2O3. The summed E-state index contributed by atoms with van der Waals surface area (Å²) in [6, 6.07) is 9.01. The number of methoxy groups -OCH3 is 2. The molecule has 1 aromatic carbocycles. The molecule has 1 saturated carbocycles. The van der Waals surface area contributed by atoms with E-state index < -0.39 is 0 Å². The zero-order chi connectivity index (χ0) is 19.4. The summed E-state index contributed by atoms with van der Waals surface area (Å²) in [5.41, 5.74) is 1.27. The van der Waals surface area contributed by atoms with Crippen molar-refractivity contribution in [3.05, 3.63) is 29.8 Å². The van der Waals surface area contributed by atoms with Gasteiger partial charge in [-0.3, -0.25) is 9.69 Å². The summed E-state index contributed by atoms with van der Waals surface area (Å²) in [5, 5.41) is 0. The number of hydrogen-bond acceptors (Lipinski definition) is 4. The van der Waals surface area contributed by atoms with E-state index in [1.54, 1.807) is 14.2 Å². The first-order valence-electron chi connectivity index (χ1n) is 10.2. The molecular weight excluding hydrogens is 340 g/mol. The number of amides is 1. The van der Waals surface area contributed by atoms with Crippen LogP contribution >= 0.6 is 0 Å². The predicted octanol–water partition coefficient (Wildman–Crippen LogP) is 3.15. The third-order valence-corrected chi connectivity index (χ3v) is 6.14. The number of benzene rings is 1. The Labute approximate surface area is 163 Å². The number of rotatable bonds is 8. The van der Waals surface area contributed by atoms with Gasteiger partial charge in [-0.1, -0.05) is 12.1 Å². The van der Waals surface area contributed by atoms with E-state index in [0.29, 0.717) is 36.2 Å². The van der Waals surface area contributed by atoms with E-state index in [9.17, 15) is 4.79 Å². The number of carbonyl (C=O) groups excluding carboxylic acids is 1. The molecule has 0 aromatic heterocycles. The minimum Gasteiger partial charge on any atom is -0.497 e. The van der Waals surface area contributed by atoms with Gasteiger partial charge in [0.2, 0.25) is 5.91 Å². The Morgan fingerprint density at radius 3 is 2.26 bits per heavy atom. The first-order valence-corrected chi connectivity index (χ1v) is 10.2. The van der Waals surface area contributed by atoms with Crippen LogP contribution in [0.4, 0.5) is 0 Å². The fraction of sp³-hybridized carbons (Fsp3) is 0.682. The molecule has 0 bridgehead atoms. The van der Waals surface area contributed by atoms with Gasteiger partial charge in [0.15, 0.2) is 0 Å². The van der Waals surface area contributed by atoms with Gasteiger partial charge >= 0.3 is 0 Å². The normalized spacial score (nSPS) is 24.7. The Kier molecular flexibility index (Phi) is 6.77. The maximum atomic E-state index is 13.1. The van der Waals surface area contributed by atoms with E-state index in [1.807, 2.05) is 12.1 Å². The second-order valence-corrected chi connectivity index (χ2v) is 8.15. The van der Waals surface area contributed by atoms with Crippen molar-refractivity contribution < 1.29 is 14.3 Å². The number of hydrogen-bond donors (Lipinski definition) is 0. The van der Waals surface area contributed by atoms with E-state index in [-0.39, 0.29) is 0 Å². The fourth-order valence-corrected chi connectivity index (χ4v) is 4.42. The van der Waals surface area contributed by atoms with Gasteiger partial charge in [-0.15, -0.1) is 0 Å². The maximum absolute atomic E-state index is 13.1. The van der Waals surface area contributed by atoms with E-state index in [0.717, 1.165) is 32.0 Å². The van der Waals surface area contributed by atoms with Crippen LogP contribution < -0.4 is 4.74 Å². The molecule has 5 nitrogen and oxygen atoms in total. The topological polar surface area (TPSA) is 42.0 Å². The summed E-state index contributed by atoms with van der Waals surface area (Å²) in [6.45, 7) is 7.72. The molecule has 0 N–H and O–H groups in total. The molecule has 2 fully saturated rings. The van der Waals surface area contributed by atoms with Crippen LogP contribution in [0.25, 0.3) is 0 Å². The largest absolute Gasteiger partial charge is 0.497 e. The van der Waals surface area contributed by atoms with Crippen molar-refractivity contribution in [1.29, 1.82) is 0 Å². The lowest BCUT2D eigenvalue weighted by atomic mass is 9.90. The highest BCUT2D eigenvalue weighted by molar-refractivity contribution is 5.77.